The number of aromatic hydroxyl groups is 1. The average Bonchev–Trinajstić information content (AvgIpc) is 3.03. The van der Waals surface area contributed by atoms with Gasteiger partial charge < -0.3 is 15.2 Å². The number of nitrogens with zero attached hydrogens (tertiary/aromatic N) is 3. The Labute approximate surface area is 155 Å². The quantitative estimate of drug-likeness (QED) is 0.648. The number of ether oxygens (including phenoxy) is 1. The number of anilines is 1. The van der Waals surface area contributed by atoms with Crippen molar-refractivity contribution in [3.05, 3.63) is 42.0 Å². The second-order valence-corrected chi connectivity index (χ2v) is 6.04. The summed E-state index contributed by atoms with van der Waals surface area (Å²) in [7, 11) is 0. The number of benzene rings is 2. The van der Waals surface area contributed by atoms with Crippen LogP contribution in [0.25, 0.3) is 16.7 Å². The minimum Gasteiger partial charge on any atom is -0.506 e. The van der Waals surface area contributed by atoms with Crippen LogP contribution in [0.5, 0.6) is 5.75 Å². The van der Waals surface area contributed by atoms with Gasteiger partial charge in [0.05, 0.1) is 13.0 Å². The third kappa shape index (κ3) is 4.41. The molecular weight excluding hydrogens is 348 g/mol. The van der Waals surface area contributed by atoms with E-state index in [1.165, 1.54) is 10.9 Å². The van der Waals surface area contributed by atoms with Crippen LogP contribution in [0.1, 0.15) is 25.3 Å². The number of phenolic OH excluding ortho intramolecular Hbond substituents is 1. The highest BCUT2D eigenvalue weighted by Crippen LogP contribution is 2.25. The monoisotopic (exact) mass is 368 g/mol. The minimum atomic E-state index is -0.419. The van der Waals surface area contributed by atoms with Crippen molar-refractivity contribution in [2.45, 2.75) is 26.7 Å². The van der Waals surface area contributed by atoms with Gasteiger partial charge in [0.25, 0.3) is 0 Å². The van der Waals surface area contributed by atoms with Crippen LogP contribution in [-0.4, -0.2) is 38.6 Å². The van der Waals surface area contributed by atoms with E-state index in [-0.39, 0.29) is 31.1 Å². The SMILES string of the molecule is CCOC(=O)CCC(=O)Nc1ccc(-n2nc3ccc(C)cc3n2)c(O)c1. The van der Waals surface area contributed by atoms with Crippen molar-refractivity contribution in [1.82, 2.24) is 15.0 Å². The molecular formula is C19H20N4O4. The number of rotatable bonds is 6. The van der Waals surface area contributed by atoms with E-state index in [0.29, 0.717) is 11.4 Å². The zero-order valence-electron chi connectivity index (χ0n) is 15.1. The van der Waals surface area contributed by atoms with E-state index in [1.54, 1.807) is 19.1 Å². The minimum absolute atomic E-state index is 0.00674. The van der Waals surface area contributed by atoms with Gasteiger partial charge >= 0.3 is 5.97 Å². The molecule has 0 unspecified atom stereocenters. The Morgan fingerprint density at radius 2 is 1.89 bits per heavy atom. The summed E-state index contributed by atoms with van der Waals surface area (Å²) >= 11 is 0. The lowest BCUT2D eigenvalue weighted by molar-refractivity contribution is -0.144. The average molecular weight is 368 g/mol. The number of carbonyl (C=O) groups excluding carboxylic acids is 2. The summed E-state index contributed by atoms with van der Waals surface area (Å²) in [6.07, 6.45) is 0.0136. The van der Waals surface area contributed by atoms with E-state index in [4.69, 9.17) is 4.74 Å². The fraction of sp³-hybridized carbons (Fsp3) is 0.263. The lowest BCUT2D eigenvalue weighted by Gasteiger charge is -2.08. The fourth-order valence-electron chi connectivity index (χ4n) is 2.57. The highest BCUT2D eigenvalue weighted by atomic mass is 16.5. The maximum atomic E-state index is 11.9. The Bertz CT molecular complexity index is 997. The third-order valence-corrected chi connectivity index (χ3v) is 3.87. The second kappa shape index (κ2) is 7.86. The number of hydrogen-bond acceptors (Lipinski definition) is 6. The number of esters is 1. The van der Waals surface area contributed by atoms with E-state index < -0.39 is 5.97 Å². The molecule has 2 N–H and O–H groups in total. The summed E-state index contributed by atoms with van der Waals surface area (Å²) in [6, 6.07) is 10.4. The summed E-state index contributed by atoms with van der Waals surface area (Å²) in [5.74, 6) is -0.832. The molecule has 8 nitrogen and oxygen atoms in total. The van der Waals surface area contributed by atoms with Crippen molar-refractivity contribution in [3.8, 4) is 11.4 Å². The van der Waals surface area contributed by atoms with Gasteiger partial charge in [0.1, 0.15) is 22.5 Å². The van der Waals surface area contributed by atoms with Crippen molar-refractivity contribution >= 4 is 28.6 Å². The molecule has 0 saturated carbocycles. The van der Waals surface area contributed by atoms with E-state index in [1.807, 2.05) is 25.1 Å². The zero-order chi connectivity index (χ0) is 19.4. The molecule has 1 heterocycles. The Morgan fingerprint density at radius 3 is 2.63 bits per heavy atom. The number of nitrogens with one attached hydrogen (secondary N) is 1. The number of aryl methyl sites for hydroxylation is 1. The van der Waals surface area contributed by atoms with Crippen molar-refractivity contribution < 1.29 is 19.4 Å². The lowest BCUT2D eigenvalue weighted by atomic mass is 10.2. The molecule has 1 aromatic heterocycles. The molecule has 2 aromatic carbocycles. The summed E-state index contributed by atoms with van der Waals surface area (Å²) < 4.78 is 4.78. The summed E-state index contributed by atoms with van der Waals surface area (Å²) in [4.78, 5) is 24.6. The number of amides is 1. The van der Waals surface area contributed by atoms with Crippen molar-refractivity contribution in [2.24, 2.45) is 0 Å². The smallest absolute Gasteiger partial charge is 0.306 e. The third-order valence-electron chi connectivity index (χ3n) is 3.87. The van der Waals surface area contributed by atoms with Gasteiger partial charge in [0.2, 0.25) is 5.91 Å². The number of fused-ring (bicyclic) bond motifs is 1. The fourth-order valence-corrected chi connectivity index (χ4v) is 2.57. The molecule has 0 aliphatic heterocycles. The van der Waals surface area contributed by atoms with Crippen molar-refractivity contribution in [3.63, 3.8) is 0 Å². The van der Waals surface area contributed by atoms with Crippen molar-refractivity contribution in [1.29, 1.82) is 0 Å². The summed E-state index contributed by atoms with van der Waals surface area (Å²) in [5, 5.41) is 21.7. The van der Waals surface area contributed by atoms with Gasteiger partial charge in [-0.05, 0) is 43.7 Å². The normalized spacial score (nSPS) is 10.7. The van der Waals surface area contributed by atoms with Crippen LogP contribution in [0.2, 0.25) is 0 Å². The molecule has 0 radical (unpaired) electrons. The van der Waals surface area contributed by atoms with E-state index >= 15 is 0 Å². The van der Waals surface area contributed by atoms with Crippen molar-refractivity contribution in [2.75, 3.05) is 11.9 Å². The van der Waals surface area contributed by atoms with E-state index in [0.717, 1.165) is 16.6 Å². The Balaban J connectivity index is 1.71. The predicted octanol–water partition coefficient (Wildman–Crippen LogP) is 2.72. The zero-order valence-corrected chi connectivity index (χ0v) is 15.1. The first kappa shape index (κ1) is 18.4. The van der Waals surface area contributed by atoms with Crippen LogP contribution in [0, 0.1) is 6.92 Å². The number of carbonyl (C=O) groups is 2. The Hall–Kier alpha value is -3.42. The molecule has 0 saturated heterocycles. The number of hydrogen-bond donors (Lipinski definition) is 2. The predicted molar refractivity (Wildman–Crippen MR) is 99.8 cm³/mol. The highest BCUT2D eigenvalue weighted by molar-refractivity contribution is 5.93. The van der Waals surface area contributed by atoms with Gasteiger partial charge in [-0.15, -0.1) is 15.0 Å². The molecule has 27 heavy (non-hydrogen) atoms. The Kier molecular flexibility index (Phi) is 5.35. The Morgan fingerprint density at radius 1 is 1.11 bits per heavy atom. The first-order chi connectivity index (χ1) is 13.0. The van der Waals surface area contributed by atoms with Crippen LogP contribution in [-0.2, 0) is 14.3 Å². The standard InChI is InChI=1S/C19H20N4O4/c1-3-27-19(26)9-8-18(25)20-13-5-7-16(17(24)11-13)23-21-14-6-4-12(2)10-15(14)22-23/h4-7,10-11,24H,3,8-9H2,1-2H3,(H,20,25). The summed E-state index contributed by atoms with van der Waals surface area (Å²) in [5.41, 5.74) is 3.33. The molecule has 8 heteroatoms. The molecule has 3 aromatic rings. The number of aromatic nitrogens is 3. The molecule has 3 rings (SSSR count). The topological polar surface area (TPSA) is 106 Å². The molecule has 0 fully saturated rings. The van der Waals surface area contributed by atoms with Gasteiger partial charge in [0, 0.05) is 18.2 Å². The maximum Gasteiger partial charge on any atom is 0.306 e. The van der Waals surface area contributed by atoms with Crippen LogP contribution in [0.3, 0.4) is 0 Å². The van der Waals surface area contributed by atoms with Crippen LogP contribution in [0.15, 0.2) is 36.4 Å². The molecule has 0 spiro atoms. The molecule has 0 bridgehead atoms. The van der Waals surface area contributed by atoms with E-state index in [9.17, 15) is 14.7 Å². The largest absolute Gasteiger partial charge is 0.506 e. The van der Waals surface area contributed by atoms with Gasteiger partial charge in [-0.25, -0.2) is 0 Å². The van der Waals surface area contributed by atoms with Gasteiger partial charge in [-0.1, -0.05) is 6.07 Å². The molecule has 0 aliphatic rings. The first-order valence-electron chi connectivity index (χ1n) is 8.59. The maximum absolute atomic E-state index is 11.9. The molecule has 0 atom stereocenters. The first-order valence-corrected chi connectivity index (χ1v) is 8.59. The highest BCUT2D eigenvalue weighted by Gasteiger charge is 2.12. The number of phenols is 1. The van der Waals surface area contributed by atoms with Gasteiger partial charge in [-0.3, -0.25) is 9.59 Å². The van der Waals surface area contributed by atoms with Gasteiger partial charge in [-0.2, -0.15) is 0 Å². The summed E-state index contributed by atoms with van der Waals surface area (Å²) in [6.45, 7) is 3.96. The molecule has 1 amide bonds. The molecule has 140 valence electrons. The second-order valence-electron chi connectivity index (χ2n) is 6.04. The molecule has 0 aliphatic carbocycles. The van der Waals surface area contributed by atoms with Crippen LogP contribution < -0.4 is 5.32 Å². The van der Waals surface area contributed by atoms with E-state index in [2.05, 4.69) is 15.5 Å². The van der Waals surface area contributed by atoms with Crippen LogP contribution >= 0.6 is 0 Å². The lowest BCUT2D eigenvalue weighted by Crippen LogP contribution is -2.14. The van der Waals surface area contributed by atoms with Crippen LogP contribution in [0.4, 0.5) is 5.69 Å². The van der Waals surface area contributed by atoms with Gasteiger partial charge in [0.15, 0.2) is 0 Å².